The van der Waals surface area contributed by atoms with Crippen molar-refractivity contribution in [1.29, 1.82) is 0 Å². The number of carbonyl (C=O) groups excluding carboxylic acids is 2. The standard InChI is InChI=1S/C9H16N2O8S2/c1-20(14,15)4-3-18-9(13)11-7-6(10-8(7)12)5-19-21(2,16)17/h6-7H,3-5H2,1-2H3,(H,10,12)(H,11,13). The molecule has 122 valence electrons. The molecule has 0 spiro atoms. The number of alkyl carbamates (subject to hydrolysis) is 1. The van der Waals surface area contributed by atoms with Gasteiger partial charge in [0.2, 0.25) is 5.91 Å². The number of nitrogens with one attached hydrogen (secondary N) is 2. The first kappa shape index (κ1) is 17.7. The van der Waals surface area contributed by atoms with Crippen LogP contribution in [-0.4, -0.2) is 72.4 Å². The number of rotatable bonds is 7. The number of amides is 2. The molecule has 0 bridgehead atoms. The Morgan fingerprint density at radius 1 is 1.29 bits per heavy atom. The topological polar surface area (TPSA) is 145 Å². The molecular weight excluding hydrogens is 328 g/mol. The Morgan fingerprint density at radius 3 is 2.38 bits per heavy atom. The second-order valence-corrected chi connectivity index (χ2v) is 8.40. The fourth-order valence-corrected chi connectivity index (χ4v) is 2.18. The van der Waals surface area contributed by atoms with Crippen molar-refractivity contribution in [3.63, 3.8) is 0 Å². The third kappa shape index (κ3) is 6.73. The lowest BCUT2D eigenvalue weighted by atomic mass is 10.0. The van der Waals surface area contributed by atoms with E-state index in [9.17, 15) is 26.4 Å². The molecule has 1 aliphatic heterocycles. The van der Waals surface area contributed by atoms with Gasteiger partial charge >= 0.3 is 6.09 Å². The molecule has 10 nitrogen and oxygen atoms in total. The molecule has 1 rings (SSSR count). The molecule has 0 aromatic carbocycles. The van der Waals surface area contributed by atoms with Gasteiger partial charge in [0.05, 0.1) is 24.7 Å². The average Bonchev–Trinajstić information content (AvgIpc) is 2.28. The largest absolute Gasteiger partial charge is 0.448 e. The van der Waals surface area contributed by atoms with Crippen LogP contribution < -0.4 is 10.6 Å². The van der Waals surface area contributed by atoms with Gasteiger partial charge in [-0.1, -0.05) is 0 Å². The quantitative estimate of drug-likeness (QED) is 0.384. The highest BCUT2D eigenvalue weighted by atomic mass is 32.2. The van der Waals surface area contributed by atoms with E-state index >= 15 is 0 Å². The van der Waals surface area contributed by atoms with Crippen LogP contribution in [0.2, 0.25) is 0 Å². The monoisotopic (exact) mass is 344 g/mol. The summed E-state index contributed by atoms with van der Waals surface area (Å²) in [6.45, 7) is -0.664. The summed E-state index contributed by atoms with van der Waals surface area (Å²) in [6.07, 6.45) is 0.879. The van der Waals surface area contributed by atoms with E-state index in [-0.39, 0.29) is 19.0 Å². The zero-order valence-electron chi connectivity index (χ0n) is 11.4. The van der Waals surface area contributed by atoms with Crippen LogP contribution in [0.1, 0.15) is 0 Å². The molecule has 0 aromatic heterocycles. The maximum atomic E-state index is 11.4. The van der Waals surface area contributed by atoms with Gasteiger partial charge in [0.15, 0.2) is 9.84 Å². The molecule has 1 saturated heterocycles. The minimum Gasteiger partial charge on any atom is -0.448 e. The van der Waals surface area contributed by atoms with Gasteiger partial charge in [0.1, 0.15) is 12.6 Å². The van der Waals surface area contributed by atoms with Crippen LogP contribution in [0.5, 0.6) is 0 Å². The lowest BCUT2D eigenvalue weighted by Crippen LogP contribution is -2.70. The molecule has 1 fully saturated rings. The van der Waals surface area contributed by atoms with E-state index < -0.39 is 44.0 Å². The van der Waals surface area contributed by atoms with Crippen LogP contribution >= 0.6 is 0 Å². The number of β-lactam (4-membered cyclic amide) rings is 1. The van der Waals surface area contributed by atoms with Gasteiger partial charge in [0, 0.05) is 6.26 Å². The predicted octanol–water partition coefficient (Wildman–Crippen LogP) is -2.40. The van der Waals surface area contributed by atoms with Crippen molar-refractivity contribution in [2.24, 2.45) is 0 Å². The lowest BCUT2D eigenvalue weighted by molar-refractivity contribution is -0.132. The van der Waals surface area contributed by atoms with Crippen LogP contribution in [0.4, 0.5) is 4.79 Å². The first-order valence-corrected chi connectivity index (χ1v) is 9.61. The Morgan fingerprint density at radius 2 is 1.90 bits per heavy atom. The maximum absolute atomic E-state index is 11.4. The minimum absolute atomic E-state index is 0.321. The maximum Gasteiger partial charge on any atom is 0.407 e. The Labute approximate surface area is 122 Å². The molecule has 2 atom stereocenters. The van der Waals surface area contributed by atoms with Gasteiger partial charge in [0.25, 0.3) is 10.1 Å². The number of ether oxygens (including phenoxy) is 1. The molecule has 12 heteroatoms. The van der Waals surface area contributed by atoms with E-state index in [0.717, 1.165) is 12.5 Å². The van der Waals surface area contributed by atoms with Crippen LogP contribution in [0.25, 0.3) is 0 Å². The van der Waals surface area contributed by atoms with Crippen LogP contribution in [-0.2, 0) is 33.7 Å². The zero-order valence-corrected chi connectivity index (χ0v) is 13.0. The molecular formula is C9H16N2O8S2. The van der Waals surface area contributed by atoms with Crippen molar-refractivity contribution in [2.45, 2.75) is 12.1 Å². The summed E-state index contributed by atoms with van der Waals surface area (Å²) in [5.74, 6) is -0.852. The van der Waals surface area contributed by atoms with Crippen molar-refractivity contribution >= 4 is 32.0 Å². The average molecular weight is 344 g/mol. The van der Waals surface area contributed by atoms with E-state index in [2.05, 4.69) is 19.6 Å². The second kappa shape index (κ2) is 6.58. The molecule has 0 saturated carbocycles. The normalized spacial score (nSPS) is 22.1. The molecule has 1 aliphatic rings. The SMILES string of the molecule is CS(=O)(=O)CCOC(=O)NC1C(=O)NC1COS(C)(=O)=O. The van der Waals surface area contributed by atoms with E-state index in [1.807, 2.05) is 0 Å². The van der Waals surface area contributed by atoms with Gasteiger partial charge in [-0.3, -0.25) is 8.98 Å². The number of hydrogen-bond donors (Lipinski definition) is 2. The van der Waals surface area contributed by atoms with E-state index in [1.54, 1.807) is 0 Å². The van der Waals surface area contributed by atoms with Crippen molar-refractivity contribution in [2.75, 3.05) is 31.5 Å². The van der Waals surface area contributed by atoms with E-state index in [0.29, 0.717) is 0 Å². The van der Waals surface area contributed by atoms with Crippen molar-refractivity contribution in [1.82, 2.24) is 10.6 Å². The smallest absolute Gasteiger partial charge is 0.407 e. The molecule has 0 radical (unpaired) electrons. The first-order chi connectivity index (χ1) is 9.48. The van der Waals surface area contributed by atoms with Gasteiger partial charge in [-0.25, -0.2) is 13.2 Å². The number of hydrogen-bond acceptors (Lipinski definition) is 8. The fourth-order valence-electron chi connectivity index (χ4n) is 1.40. The predicted molar refractivity (Wildman–Crippen MR) is 70.7 cm³/mol. The lowest BCUT2D eigenvalue weighted by Gasteiger charge is -2.36. The Balaban J connectivity index is 2.38. The third-order valence-electron chi connectivity index (χ3n) is 2.43. The zero-order chi connectivity index (χ0) is 16.3. The molecule has 1 heterocycles. The summed E-state index contributed by atoms with van der Waals surface area (Å²) in [5.41, 5.74) is 0. The van der Waals surface area contributed by atoms with Crippen molar-refractivity contribution in [3.05, 3.63) is 0 Å². The first-order valence-electron chi connectivity index (χ1n) is 5.74. The molecule has 2 N–H and O–H groups in total. The summed E-state index contributed by atoms with van der Waals surface area (Å²) < 4.78 is 52.4. The van der Waals surface area contributed by atoms with Crippen molar-refractivity contribution in [3.8, 4) is 0 Å². The van der Waals surface area contributed by atoms with Crippen LogP contribution in [0, 0.1) is 0 Å². The van der Waals surface area contributed by atoms with Gasteiger partial charge in [-0.15, -0.1) is 0 Å². The molecule has 2 amide bonds. The number of sulfone groups is 1. The fraction of sp³-hybridized carbons (Fsp3) is 0.778. The van der Waals surface area contributed by atoms with Crippen LogP contribution in [0.3, 0.4) is 0 Å². The van der Waals surface area contributed by atoms with E-state index in [4.69, 9.17) is 0 Å². The summed E-state index contributed by atoms with van der Waals surface area (Å²) in [7, 11) is -6.91. The summed E-state index contributed by atoms with van der Waals surface area (Å²) in [6, 6.07) is -1.69. The summed E-state index contributed by atoms with van der Waals surface area (Å²) in [5, 5.41) is 4.55. The van der Waals surface area contributed by atoms with Gasteiger partial charge in [-0.2, -0.15) is 8.42 Å². The summed E-state index contributed by atoms with van der Waals surface area (Å²) in [4.78, 5) is 22.6. The Kier molecular flexibility index (Phi) is 5.53. The van der Waals surface area contributed by atoms with E-state index in [1.165, 1.54) is 0 Å². The highest BCUT2D eigenvalue weighted by molar-refractivity contribution is 7.90. The molecule has 0 aromatic rings. The highest BCUT2D eigenvalue weighted by Gasteiger charge is 2.41. The third-order valence-corrected chi connectivity index (χ3v) is 3.91. The minimum atomic E-state index is -3.66. The number of carbonyl (C=O) groups is 2. The Hall–Kier alpha value is -1.40. The van der Waals surface area contributed by atoms with Gasteiger partial charge < -0.3 is 15.4 Å². The molecule has 0 aliphatic carbocycles. The van der Waals surface area contributed by atoms with Gasteiger partial charge in [-0.05, 0) is 0 Å². The molecule has 2 unspecified atom stereocenters. The second-order valence-electron chi connectivity index (χ2n) is 4.49. The molecule has 21 heavy (non-hydrogen) atoms. The Bertz CT molecular complexity index is 612. The van der Waals surface area contributed by atoms with Crippen LogP contribution in [0.15, 0.2) is 0 Å². The van der Waals surface area contributed by atoms with Crippen molar-refractivity contribution < 1.29 is 35.3 Å². The summed E-state index contributed by atoms with van der Waals surface area (Å²) >= 11 is 0. The highest BCUT2D eigenvalue weighted by Crippen LogP contribution is 2.08.